The van der Waals surface area contributed by atoms with Gasteiger partial charge in [-0.1, -0.05) is 44.2 Å². The van der Waals surface area contributed by atoms with Crippen LogP contribution in [-0.2, 0) is 17.8 Å². The van der Waals surface area contributed by atoms with Crippen LogP contribution in [0.25, 0.3) is 0 Å². The molecular formula is C28H28FNO6. The summed E-state index contributed by atoms with van der Waals surface area (Å²) in [5.41, 5.74) is 2.18. The Kier molecular flexibility index (Phi) is 7.73. The number of carboxylic acid groups (broad SMARTS) is 1. The molecule has 1 aliphatic heterocycles. The highest BCUT2D eigenvalue weighted by Gasteiger charge is 2.20. The van der Waals surface area contributed by atoms with Crippen molar-refractivity contribution in [2.45, 2.75) is 32.7 Å². The number of hydrogen-bond acceptors (Lipinski definition) is 5. The van der Waals surface area contributed by atoms with Crippen LogP contribution >= 0.6 is 0 Å². The molecule has 3 aromatic carbocycles. The van der Waals surface area contributed by atoms with Crippen molar-refractivity contribution >= 4 is 11.9 Å². The van der Waals surface area contributed by atoms with Gasteiger partial charge in [-0.25, -0.2) is 9.18 Å². The molecule has 0 saturated heterocycles. The first-order chi connectivity index (χ1) is 17.3. The van der Waals surface area contributed by atoms with Crippen LogP contribution < -0.4 is 14.2 Å². The first-order valence-electron chi connectivity index (χ1n) is 11.7. The van der Waals surface area contributed by atoms with Crippen LogP contribution in [-0.4, -0.2) is 41.8 Å². The van der Waals surface area contributed by atoms with Crippen molar-refractivity contribution in [3.8, 4) is 17.2 Å². The fourth-order valence-corrected chi connectivity index (χ4v) is 3.94. The average Bonchev–Trinajstić information content (AvgIpc) is 3.33. The van der Waals surface area contributed by atoms with Gasteiger partial charge >= 0.3 is 5.97 Å². The second kappa shape index (κ2) is 11.1. The summed E-state index contributed by atoms with van der Waals surface area (Å²) in [5, 5.41) is 9.62. The lowest BCUT2D eigenvalue weighted by Gasteiger charge is -2.24. The van der Waals surface area contributed by atoms with Crippen molar-refractivity contribution in [3.63, 3.8) is 0 Å². The molecule has 4 rings (SSSR count). The third-order valence-electron chi connectivity index (χ3n) is 6.02. The number of halogens is 1. The molecule has 0 fully saturated rings. The summed E-state index contributed by atoms with van der Waals surface area (Å²) >= 11 is 0. The molecule has 1 N–H and O–H groups in total. The maximum Gasteiger partial charge on any atom is 0.339 e. The predicted molar refractivity (Wildman–Crippen MR) is 131 cm³/mol. The molecule has 0 spiro atoms. The van der Waals surface area contributed by atoms with E-state index in [1.54, 1.807) is 53.4 Å². The molecule has 0 radical (unpaired) electrons. The third-order valence-corrected chi connectivity index (χ3v) is 6.02. The molecule has 1 amide bonds. The predicted octanol–water partition coefficient (Wildman–Crippen LogP) is 5.03. The maximum atomic E-state index is 14.2. The van der Waals surface area contributed by atoms with Crippen molar-refractivity contribution in [1.29, 1.82) is 0 Å². The van der Waals surface area contributed by atoms with Crippen molar-refractivity contribution in [2.24, 2.45) is 0 Å². The number of nitrogens with zero attached hydrogens (tertiary/aromatic N) is 1. The van der Waals surface area contributed by atoms with Gasteiger partial charge in [-0.05, 0) is 59.4 Å². The zero-order valence-electron chi connectivity index (χ0n) is 20.2. The van der Waals surface area contributed by atoms with Gasteiger partial charge in [-0.3, -0.25) is 4.79 Å². The summed E-state index contributed by atoms with van der Waals surface area (Å²) < 4.78 is 30.6. The Morgan fingerprint density at radius 3 is 2.58 bits per heavy atom. The van der Waals surface area contributed by atoms with Gasteiger partial charge in [0.2, 0.25) is 6.79 Å². The Morgan fingerprint density at radius 2 is 1.83 bits per heavy atom. The van der Waals surface area contributed by atoms with Gasteiger partial charge in [0.1, 0.15) is 17.1 Å². The van der Waals surface area contributed by atoms with E-state index in [4.69, 9.17) is 14.2 Å². The summed E-state index contributed by atoms with van der Waals surface area (Å²) in [5.74, 6) is -0.309. The van der Waals surface area contributed by atoms with Gasteiger partial charge in [0.05, 0.1) is 0 Å². The zero-order valence-corrected chi connectivity index (χ0v) is 20.2. The highest BCUT2D eigenvalue weighted by atomic mass is 19.1. The molecule has 7 nitrogen and oxygen atoms in total. The van der Waals surface area contributed by atoms with E-state index in [0.29, 0.717) is 23.5 Å². The van der Waals surface area contributed by atoms with E-state index in [0.717, 1.165) is 11.1 Å². The molecule has 0 atom stereocenters. The smallest absolute Gasteiger partial charge is 0.339 e. The molecule has 0 aliphatic carbocycles. The van der Waals surface area contributed by atoms with E-state index in [2.05, 4.69) is 0 Å². The number of carboxylic acids is 1. The Balaban J connectivity index is 1.50. The number of carbonyl (C=O) groups is 2. The van der Waals surface area contributed by atoms with Gasteiger partial charge in [-0.2, -0.15) is 0 Å². The first kappa shape index (κ1) is 25.0. The Morgan fingerprint density at radius 1 is 1.06 bits per heavy atom. The summed E-state index contributed by atoms with van der Waals surface area (Å²) in [6.07, 6.45) is 0.312. The Bertz CT molecular complexity index is 1260. The molecular weight excluding hydrogens is 465 g/mol. The van der Waals surface area contributed by atoms with E-state index in [-0.39, 0.29) is 55.4 Å². The molecule has 36 heavy (non-hydrogen) atoms. The molecule has 1 heterocycles. The fourth-order valence-electron chi connectivity index (χ4n) is 3.94. The van der Waals surface area contributed by atoms with E-state index < -0.39 is 5.97 Å². The summed E-state index contributed by atoms with van der Waals surface area (Å²) in [6, 6.07) is 16.8. The largest absolute Gasteiger partial charge is 0.483 e. The van der Waals surface area contributed by atoms with E-state index in [1.807, 2.05) is 19.9 Å². The lowest BCUT2D eigenvalue weighted by atomic mass is 10.0. The van der Waals surface area contributed by atoms with Crippen molar-refractivity contribution in [1.82, 2.24) is 4.90 Å². The van der Waals surface area contributed by atoms with Crippen molar-refractivity contribution in [3.05, 3.63) is 88.7 Å². The SMILES string of the molecule is CC(C)c1ccc(OCC(=O)N(CCc2ccccc2F)Cc2ccc3c(c2)OCO3)c(C(=O)O)c1. The van der Waals surface area contributed by atoms with Crippen LogP contribution in [0, 0.1) is 5.82 Å². The number of rotatable bonds is 10. The van der Waals surface area contributed by atoms with Gasteiger partial charge in [0.25, 0.3) is 5.91 Å². The van der Waals surface area contributed by atoms with Crippen molar-refractivity contribution in [2.75, 3.05) is 19.9 Å². The van der Waals surface area contributed by atoms with Crippen LogP contribution in [0.15, 0.2) is 60.7 Å². The highest BCUT2D eigenvalue weighted by Crippen LogP contribution is 2.33. The number of fused-ring (bicyclic) bond motifs is 1. The first-order valence-corrected chi connectivity index (χ1v) is 11.7. The normalized spacial score (nSPS) is 12.0. The minimum Gasteiger partial charge on any atom is -0.483 e. The lowest BCUT2D eigenvalue weighted by molar-refractivity contribution is -0.134. The number of carbonyl (C=O) groups excluding carboxylic acids is 1. The van der Waals surface area contributed by atoms with Crippen molar-refractivity contribution < 1.29 is 33.3 Å². The van der Waals surface area contributed by atoms with E-state index in [9.17, 15) is 19.1 Å². The second-order valence-corrected chi connectivity index (χ2v) is 8.85. The zero-order chi connectivity index (χ0) is 25.7. The van der Waals surface area contributed by atoms with Crippen LogP contribution in [0.5, 0.6) is 17.2 Å². The van der Waals surface area contributed by atoms with Gasteiger partial charge in [0, 0.05) is 13.1 Å². The molecule has 1 aliphatic rings. The number of aromatic carboxylic acids is 1. The number of ether oxygens (including phenoxy) is 3. The highest BCUT2D eigenvalue weighted by molar-refractivity contribution is 5.91. The molecule has 3 aromatic rings. The third kappa shape index (κ3) is 5.94. The molecule has 0 saturated carbocycles. The topological polar surface area (TPSA) is 85.3 Å². The fraction of sp³-hybridized carbons (Fsp3) is 0.286. The quantitative estimate of drug-likeness (QED) is 0.427. The maximum absolute atomic E-state index is 14.2. The standard InChI is InChI=1S/C28H28FNO6/c1-18(2)21-8-10-24(22(14-21)28(32)33)34-16-27(31)30(12-11-20-5-3-4-6-23(20)29)15-19-7-9-25-26(13-19)36-17-35-25/h3-10,13-14,18H,11-12,15-17H2,1-2H3,(H,32,33). The van der Waals surface area contributed by atoms with Crippen LogP contribution in [0.1, 0.15) is 46.8 Å². The summed E-state index contributed by atoms with van der Waals surface area (Å²) in [7, 11) is 0. The summed E-state index contributed by atoms with van der Waals surface area (Å²) in [6.45, 7) is 4.21. The number of benzene rings is 3. The molecule has 8 heteroatoms. The molecule has 0 bridgehead atoms. The monoisotopic (exact) mass is 493 g/mol. The van der Waals surface area contributed by atoms with E-state index >= 15 is 0 Å². The van der Waals surface area contributed by atoms with Gasteiger partial charge in [-0.15, -0.1) is 0 Å². The second-order valence-electron chi connectivity index (χ2n) is 8.85. The average molecular weight is 494 g/mol. The molecule has 0 unspecified atom stereocenters. The number of amides is 1. The van der Waals surface area contributed by atoms with Crippen LogP contribution in [0.3, 0.4) is 0 Å². The summed E-state index contributed by atoms with van der Waals surface area (Å²) in [4.78, 5) is 26.6. The number of hydrogen-bond donors (Lipinski definition) is 1. The van der Waals surface area contributed by atoms with Crippen LogP contribution in [0.2, 0.25) is 0 Å². The minimum atomic E-state index is -1.13. The minimum absolute atomic E-state index is 0.00248. The van der Waals surface area contributed by atoms with E-state index in [1.165, 1.54) is 6.07 Å². The molecule has 0 aromatic heterocycles. The Hall–Kier alpha value is -4.07. The molecule has 188 valence electrons. The Labute approximate surface area is 209 Å². The lowest BCUT2D eigenvalue weighted by Crippen LogP contribution is -2.36. The van der Waals surface area contributed by atoms with Gasteiger partial charge in [0.15, 0.2) is 18.1 Å². The van der Waals surface area contributed by atoms with Gasteiger partial charge < -0.3 is 24.2 Å². The van der Waals surface area contributed by atoms with Crippen LogP contribution in [0.4, 0.5) is 4.39 Å².